The third kappa shape index (κ3) is 3.00. The summed E-state index contributed by atoms with van der Waals surface area (Å²) in [7, 11) is 0. The molecule has 0 radical (unpaired) electrons. The van der Waals surface area contributed by atoms with Crippen molar-refractivity contribution >= 4 is 0 Å². The minimum absolute atomic E-state index is 0.103. The van der Waals surface area contributed by atoms with Gasteiger partial charge in [-0.1, -0.05) is 25.0 Å². The fourth-order valence-electron chi connectivity index (χ4n) is 3.75. The van der Waals surface area contributed by atoms with Crippen LogP contribution >= 0.6 is 0 Å². The first-order valence-corrected chi connectivity index (χ1v) is 7.74. The van der Waals surface area contributed by atoms with Gasteiger partial charge in [0.2, 0.25) is 0 Å². The van der Waals surface area contributed by atoms with E-state index in [1.54, 1.807) is 6.07 Å². The molecule has 2 saturated carbocycles. The van der Waals surface area contributed by atoms with E-state index in [2.05, 4.69) is 18.3 Å². The third-order valence-electron chi connectivity index (χ3n) is 5.06. The van der Waals surface area contributed by atoms with E-state index in [1.807, 2.05) is 6.07 Å². The van der Waals surface area contributed by atoms with Gasteiger partial charge in [-0.25, -0.2) is 4.39 Å². The van der Waals surface area contributed by atoms with Crippen molar-refractivity contribution in [3.63, 3.8) is 0 Å². The standard InChI is InChI=1S/C17H24FN/c1-12(13-5-2-3-6-13)19-17-10-15(11-17)14-7-4-8-16(18)9-14/h4,7-9,12-13,15,17,19H,2-3,5-6,10-11H2,1H3/t12-,15?,17?/m1/s1. The average Bonchev–Trinajstić information content (AvgIpc) is 2.86. The van der Waals surface area contributed by atoms with Gasteiger partial charge in [-0.2, -0.15) is 0 Å². The minimum Gasteiger partial charge on any atom is -0.311 e. The van der Waals surface area contributed by atoms with Gasteiger partial charge in [0.15, 0.2) is 0 Å². The quantitative estimate of drug-likeness (QED) is 0.854. The third-order valence-corrected chi connectivity index (χ3v) is 5.06. The summed E-state index contributed by atoms with van der Waals surface area (Å²) in [6.45, 7) is 2.34. The molecule has 0 aromatic heterocycles. The van der Waals surface area contributed by atoms with Gasteiger partial charge < -0.3 is 5.32 Å². The molecule has 1 aromatic rings. The molecule has 0 spiro atoms. The molecule has 2 heteroatoms. The van der Waals surface area contributed by atoms with E-state index >= 15 is 0 Å². The summed E-state index contributed by atoms with van der Waals surface area (Å²) in [6.07, 6.45) is 7.95. The van der Waals surface area contributed by atoms with E-state index in [1.165, 1.54) is 50.2 Å². The van der Waals surface area contributed by atoms with Crippen molar-refractivity contribution in [2.45, 2.75) is 63.5 Å². The molecule has 0 bridgehead atoms. The molecule has 2 fully saturated rings. The zero-order chi connectivity index (χ0) is 13.2. The predicted molar refractivity (Wildman–Crippen MR) is 76.7 cm³/mol. The molecule has 0 amide bonds. The average molecular weight is 261 g/mol. The van der Waals surface area contributed by atoms with Gasteiger partial charge in [0.25, 0.3) is 0 Å². The first kappa shape index (κ1) is 13.1. The highest BCUT2D eigenvalue weighted by Gasteiger charge is 2.32. The maximum absolute atomic E-state index is 13.2. The zero-order valence-corrected chi connectivity index (χ0v) is 11.7. The highest BCUT2D eigenvalue weighted by Crippen LogP contribution is 2.38. The molecule has 0 unspecified atom stereocenters. The summed E-state index contributed by atoms with van der Waals surface area (Å²) in [5, 5.41) is 3.78. The van der Waals surface area contributed by atoms with Crippen LogP contribution in [0, 0.1) is 11.7 Å². The number of benzene rings is 1. The smallest absolute Gasteiger partial charge is 0.123 e. The van der Waals surface area contributed by atoms with E-state index in [4.69, 9.17) is 0 Å². The van der Waals surface area contributed by atoms with Gasteiger partial charge in [-0.15, -0.1) is 0 Å². The summed E-state index contributed by atoms with van der Waals surface area (Å²) in [5.74, 6) is 1.34. The fourth-order valence-corrected chi connectivity index (χ4v) is 3.75. The van der Waals surface area contributed by atoms with Crippen molar-refractivity contribution in [3.8, 4) is 0 Å². The molecule has 104 valence electrons. The second-order valence-corrected chi connectivity index (χ2v) is 6.42. The van der Waals surface area contributed by atoms with E-state index in [0.717, 1.165) is 5.92 Å². The van der Waals surface area contributed by atoms with Gasteiger partial charge in [0.1, 0.15) is 5.82 Å². The Bertz CT molecular complexity index is 419. The molecular weight excluding hydrogens is 237 g/mol. The molecule has 19 heavy (non-hydrogen) atoms. The molecule has 1 N–H and O–H groups in total. The maximum Gasteiger partial charge on any atom is 0.123 e. The summed E-state index contributed by atoms with van der Waals surface area (Å²) in [6, 6.07) is 8.41. The number of halogens is 1. The highest BCUT2D eigenvalue weighted by molar-refractivity contribution is 5.23. The lowest BCUT2D eigenvalue weighted by Gasteiger charge is -2.39. The predicted octanol–water partition coefficient (Wildman–Crippen LogP) is 4.24. The molecule has 0 saturated heterocycles. The molecular formula is C17H24FN. The Morgan fingerprint density at radius 1 is 1.21 bits per heavy atom. The summed E-state index contributed by atoms with van der Waals surface area (Å²) in [4.78, 5) is 0. The van der Waals surface area contributed by atoms with Gasteiger partial charge in [-0.05, 0) is 62.1 Å². The van der Waals surface area contributed by atoms with Crippen LogP contribution in [-0.2, 0) is 0 Å². The van der Waals surface area contributed by atoms with Crippen LogP contribution in [0.3, 0.4) is 0 Å². The Balaban J connectivity index is 1.47. The van der Waals surface area contributed by atoms with Crippen molar-refractivity contribution in [1.82, 2.24) is 5.32 Å². The normalized spacial score (nSPS) is 29.2. The van der Waals surface area contributed by atoms with Crippen LogP contribution in [0.2, 0.25) is 0 Å². The van der Waals surface area contributed by atoms with Crippen LogP contribution in [0.4, 0.5) is 4.39 Å². The van der Waals surface area contributed by atoms with Crippen molar-refractivity contribution in [3.05, 3.63) is 35.6 Å². The van der Waals surface area contributed by atoms with Crippen LogP contribution in [0.15, 0.2) is 24.3 Å². The summed E-state index contributed by atoms with van der Waals surface area (Å²) in [5.41, 5.74) is 1.17. The SMILES string of the molecule is C[C@@H](NC1CC(c2cccc(F)c2)C1)C1CCCC1. The summed E-state index contributed by atoms with van der Waals surface area (Å²) >= 11 is 0. The van der Waals surface area contributed by atoms with Gasteiger partial charge in [0, 0.05) is 12.1 Å². The van der Waals surface area contributed by atoms with Crippen molar-refractivity contribution in [1.29, 1.82) is 0 Å². The van der Waals surface area contributed by atoms with Crippen LogP contribution in [-0.4, -0.2) is 12.1 Å². The van der Waals surface area contributed by atoms with Crippen molar-refractivity contribution in [2.75, 3.05) is 0 Å². The maximum atomic E-state index is 13.2. The summed E-state index contributed by atoms with van der Waals surface area (Å²) < 4.78 is 13.2. The number of hydrogen-bond donors (Lipinski definition) is 1. The second-order valence-electron chi connectivity index (χ2n) is 6.42. The topological polar surface area (TPSA) is 12.0 Å². The van der Waals surface area contributed by atoms with Gasteiger partial charge in [0.05, 0.1) is 0 Å². The van der Waals surface area contributed by atoms with Crippen LogP contribution in [0.25, 0.3) is 0 Å². The molecule has 1 nitrogen and oxygen atoms in total. The Morgan fingerprint density at radius 2 is 1.95 bits per heavy atom. The number of hydrogen-bond acceptors (Lipinski definition) is 1. The van der Waals surface area contributed by atoms with Crippen molar-refractivity contribution < 1.29 is 4.39 Å². The lowest BCUT2D eigenvalue weighted by atomic mass is 9.75. The Labute approximate surface area is 115 Å². The first-order valence-electron chi connectivity index (χ1n) is 7.74. The Kier molecular flexibility index (Phi) is 3.88. The molecule has 1 aromatic carbocycles. The van der Waals surface area contributed by atoms with E-state index in [-0.39, 0.29) is 5.82 Å². The minimum atomic E-state index is -0.103. The largest absolute Gasteiger partial charge is 0.311 e. The molecule has 0 heterocycles. The monoisotopic (exact) mass is 261 g/mol. The molecule has 3 rings (SSSR count). The fraction of sp³-hybridized carbons (Fsp3) is 0.647. The highest BCUT2D eigenvalue weighted by atomic mass is 19.1. The van der Waals surface area contributed by atoms with Crippen LogP contribution in [0.1, 0.15) is 56.9 Å². The number of rotatable bonds is 4. The second kappa shape index (κ2) is 5.62. The lowest BCUT2D eigenvalue weighted by Crippen LogP contribution is -2.46. The molecule has 0 aliphatic heterocycles. The Hall–Kier alpha value is -0.890. The van der Waals surface area contributed by atoms with E-state index < -0.39 is 0 Å². The van der Waals surface area contributed by atoms with E-state index in [9.17, 15) is 4.39 Å². The van der Waals surface area contributed by atoms with Gasteiger partial charge in [-0.3, -0.25) is 0 Å². The molecule has 2 aliphatic carbocycles. The zero-order valence-electron chi connectivity index (χ0n) is 11.7. The molecule has 1 atom stereocenters. The number of nitrogens with one attached hydrogen (secondary N) is 1. The first-order chi connectivity index (χ1) is 9.22. The van der Waals surface area contributed by atoms with E-state index in [0.29, 0.717) is 18.0 Å². The lowest BCUT2D eigenvalue weighted by molar-refractivity contribution is 0.238. The van der Waals surface area contributed by atoms with Crippen LogP contribution in [0.5, 0.6) is 0 Å². The van der Waals surface area contributed by atoms with Gasteiger partial charge >= 0.3 is 0 Å². The van der Waals surface area contributed by atoms with Crippen molar-refractivity contribution in [2.24, 2.45) is 5.92 Å². The molecule has 2 aliphatic rings. The Morgan fingerprint density at radius 3 is 2.63 bits per heavy atom. The van der Waals surface area contributed by atoms with Crippen LogP contribution < -0.4 is 5.32 Å².